The first-order chi connectivity index (χ1) is 17.6. The number of alkyl halides is 3. The van der Waals surface area contributed by atoms with E-state index in [1.54, 1.807) is 12.1 Å². The Kier molecular flexibility index (Phi) is 8.76. The van der Waals surface area contributed by atoms with E-state index >= 15 is 0 Å². The second-order valence-corrected chi connectivity index (χ2v) is 11.8. The molecular formula is C28H31F3N2O4S. The number of rotatable bonds is 9. The molecule has 0 atom stereocenters. The average molecular weight is 549 g/mol. The van der Waals surface area contributed by atoms with Gasteiger partial charge in [-0.2, -0.15) is 13.2 Å². The molecular weight excluding hydrogens is 517 g/mol. The number of anilines is 1. The summed E-state index contributed by atoms with van der Waals surface area (Å²) in [6.07, 6.45) is -3.67. The largest absolute Gasteiger partial charge is 0.492 e. The summed E-state index contributed by atoms with van der Waals surface area (Å²) in [6.45, 7) is 6.75. The Morgan fingerprint density at radius 2 is 1.55 bits per heavy atom. The minimum Gasteiger partial charge on any atom is -0.492 e. The summed E-state index contributed by atoms with van der Waals surface area (Å²) >= 11 is 0. The summed E-state index contributed by atoms with van der Waals surface area (Å²) in [5, 5.41) is 2.76. The first-order valence-electron chi connectivity index (χ1n) is 11.9. The van der Waals surface area contributed by atoms with Gasteiger partial charge < -0.3 is 10.1 Å². The summed E-state index contributed by atoms with van der Waals surface area (Å²) in [6, 6.07) is 18.1. The highest BCUT2D eigenvalue weighted by molar-refractivity contribution is 7.92. The van der Waals surface area contributed by atoms with Gasteiger partial charge in [0.1, 0.15) is 12.4 Å². The zero-order chi connectivity index (χ0) is 28.1. The van der Waals surface area contributed by atoms with Gasteiger partial charge >= 0.3 is 6.18 Å². The predicted molar refractivity (Wildman–Crippen MR) is 142 cm³/mol. The van der Waals surface area contributed by atoms with Crippen LogP contribution in [0, 0.1) is 0 Å². The second-order valence-electron chi connectivity index (χ2n) is 9.89. The third-order valence-corrected chi connectivity index (χ3v) is 6.92. The Bertz CT molecular complexity index is 1350. The number of halogens is 3. The van der Waals surface area contributed by atoms with Gasteiger partial charge in [0.25, 0.3) is 5.91 Å². The summed E-state index contributed by atoms with van der Waals surface area (Å²) in [4.78, 5) is 12.5. The van der Waals surface area contributed by atoms with Crippen molar-refractivity contribution in [1.29, 1.82) is 0 Å². The third-order valence-electron chi connectivity index (χ3n) is 5.78. The monoisotopic (exact) mass is 548 g/mol. The van der Waals surface area contributed by atoms with Gasteiger partial charge in [-0.25, -0.2) is 8.42 Å². The number of nitrogens with one attached hydrogen (secondary N) is 1. The molecule has 0 saturated heterocycles. The minimum atomic E-state index is -4.60. The first-order valence-corrected chi connectivity index (χ1v) is 13.7. The molecule has 0 fully saturated rings. The van der Waals surface area contributed by atoms with Crippen molar-refractivity contribution in [1.82, 2.24) is 5.32 Å². The van der Waals surface area contributed by atoms with E-state index in [1.807, 2.05) is 24.3 Å². The van der Waals surface area contributed by atoms with Crippen molar-refractivity contribution < 1.29 is 31.1 Å². The van der Waals surface area contributed by atoms with Gasteiger partial charge in [-0.15, -0.1) is 0 Å². The number of carbonyl (C=O) groups excluding carboxylic acids is 1. The highest BCUT2D eigenvalue weighted by atomic mass is 32.2. The van der Waals surface area contributed by atoms with Gasteiger partial charge in [-0.1, -0.05) is 51.1 Å². The maximum Gasteiger partial charge on any atom is 0.416 e. The van der Waals surface area contributed by atoms with Gasteiger partial charge in [0.15, 0.2) is 0 Å². The Hall–Kier alpha value is -3.53. The molecule has 0 unspecified atom stereocenters. The second kappa shape index (κ2) is 11.5. The van der Waals surface area contributed by atoms with Gasteiger partial charge in [-0.05, 0) is 59.0 Å². The van der Waals surface area contributed by atoms with E-state index in [0.29, 0.717) is 16.9 Å². The first kappa shape index (κ1) is 29.0. The predicted octanol–water partition coefficient (Wildman–Crippen LogP) is 5.78. The molecule has 3 rings (SSSR count). The lowest BCUT2D eigenvalue weighted by atomic mass is 9.87. The molecule has 1 amide bonds. The number of nitrogens with zero attached hydrogens (tertiary/aromatic N) is 1. The van der Waals surface area contributed by atoms with Crippen LogP contribution in [0.5, 0.6) is 5.75 Å². The molecule has 10 heteroatoms. The number of hydrogen-bond donors (Lipinski definition) is 1. The van der Waals surface area contributed by atoms with Crippen LogP contribution in [0.1, 0.15) is 47.8 Å². The van der Waals surface area contributed by atoms with Crippen molar-refractivity contribution in [3.05, 3.63) is 95.1 Å². The fourth-order valence-electron chi connectivity index (χ4n) is 3.65. The average Bonchev–Trinajstić information content (AvgIpc) is 2.84. The highest BCUT2D eigenvalue weighted by Gasteiger charge is 2.31. The van der Waals surface area contributed by atoms with E-state index in [1.165, 1.54) is 23.8 Å². The molecule has 204 valence electrons. The van der Waals surface area contributed by atoms with E-state index in [9.17, 15) is 26.4 Å². The van der Waals surface area contributed by atoms with Gasteiger partial charge in [-0.3, -0.25) is 9.10 Å². The fraction of sp³-hybridized carbons (Fsp3) is 0.321. The zero-order valence-corrected chi connectivity index (χ0v) is 22.5. The van der Waals surface area contributed by atoms with E-state index < -0.39 is 21.8 Å². The number of ether oxygens (including phenoxy) is 1. The molecule has 3 aromatic carbocycles. The minimum absolute atomic E-state index is 0.0450. The van der Waals surface area contributed by atoms with Crippen LogP contribution in [-0.2, 0) is 28.2 Å². The van der Waals surface area contributed by atoms with Crippen LogP contribution in [0.15, 0.2) is 72.8 Å². The van der Waals surface area contributed by atoms with Crippen LogP contribution in [0.2, 0.25) is 0 Å². The SMILES string of the molecule is CC(C)(C)c1ccc(OCCNC(=O)c2ccc(CN(c3cccc(C(F)(F)F)c3)S(C)(=O)=O)cc2)cc1. The third kappa shape index (κ3) is 7.98. The van der Waals surface area contributed by atoms with Crippen LogP contribution < -0.4 is 14.4 Å². The maximum absolute atomic E-state index is 13.1. The van der Waals surface area contributed by atoms with Crippen LogP contribution in [0.25, 0.3) is 0 Å². The molecule has 1 N–H and O–H groups in total. The molecule has 38 heavy (non-hydrogen) atoms. The van der Waals surface area contributed by atoms with E-state index in [2.05, 4.69) is 26.1 Å². The number of amides is 1. The van der Waals surface area contributed by atoms with Crippen molar-refractivity contribution >= 4 is 21.6 Å². The van der Waals surface area contributed by atoms with Gasteiger partial charge in [0.2, 0.25) is 10.0 Å². The molecule has 3 aromatic rings. The van der Waals surface area contributed by atoms with Crippen molar-refractivity contribution in [3.8, 4) is 5.75 Å². The molecule has 0 aliphatic rings. The Morgan fingerprint density at radius 3 is 2.11 bits per heavy atom. The standard InChI is InChI=1S/C28H31F3N2O4S/c1-27(2,3)22-12-14-25(15-13-22)37-17-16-32-26(34)21-10-8-20(9-11-21)19-33(38(4,35)36)24-7-5-6-23(18-24)28(29,30)31/h5-15,18H,16-17,19H2,1-4H3,(H,32,34). The Labute approximate surface area is 221 Å². The quantitative estimate of drug-likeness (QED) is 0.344. The molecule has 0 heterocycles. The molecule has 0 spiro atoms. The Morgan fingerprint density at radius 1 is 0.921 bits per heavy atom. The van der Waals surface area contributed by atoms with Gasteiger partial charge in [0, 0.05) is 5.56 Å². The van der Waals surface area contributed by atoms with E-state index in [-0.39, 0.29) is 36.7 Å². The number of sulfonamides is 1. The topological polar surface area (TPSA) is 75.7 Å². The van der Waals surface area contributed by atoms with Crippen molar-refractivity contribution in [2.45, 2.75) is 38.9 Å². The number of carbonyl (C=O) groups is 1. The molecule has 0 radical (unpaired) electrons. The molecule has 0 bridgehead atoms. The summed E-state index contributed by atoms with van der Waals surface area (Å²) in [5.41, 5.74) is 1.05. The maximum atomic E-state index is 13.1. The van der Waals surface area contributed by atoms with Crippen LogP contribution in [0.3, 0.4) is 0 Å². The summed E-state index contributed by atoms with van der Waals surface area (Å²) < 4.78 is 70.6. The number of hydrogen-bond acceptors (Lipinski definition) is 4. The van der Waals surface area contributed by atoms with Crippen LogP contribution >= 0.6 is 0 Å². The smallest absolute Gasteiger partial charge is 0.416 e. The fourth-order valence-corrected chi connectivity index (χ4v) is 4.53. The molecule has 6 nitrogen and oxygen atoms in total. The Balaban J connectivity index is 1.58. The normalized spacial score (nSPS) is 12.2. The summed E-state index contributed by atoms with van der Waals surface area (Å²) in [7, 11) is -3.88. The molecule has 0 aliphatic carbocycles. The van der Waals surface area contributed by atoms with Crippen LogP contribution in [0.4, 0.5) is 18.9 Å². The lowest BCUT2D eigenvalue weighted by Gasteiger charge is -2.23. The highest BCUT2D eigenvalue weighted by Crippen LogP contribution is 2.32. The zero-order valence-electron chi connectivity index (χ0n) is 21.7. The van der Waals surface area contributed by atoms with Crippen molar-refractivity contribution in [3.63, 3.8) is 0 Å². The molecule has 0 aliphatic heterocycles. The molecule has 0 saturated carbocycles. The lowest BCUT2D eigenvalue weighted by Crippen LogP contribution is -2.30. The van der Waals surface area contributed by atoms with E-state index in [4.69, 9.17) is 4.74 Å². The van der Waals surface area contributed by atoms with Gasteiger partial charge in [0.05, 0.1) is 30.6 Å². The molecule has 0 aromatic heterocycles. The summed E-state index contributed by atoms with van der Waals surface area (Å²) in [5.74, 6) is 0.369. The van der Waals surface area contributed by atoms with Crippen molar-refractivity contribution in [2.24, 2.45) is 0 Å². The van der Waals surface area contributed by atoms with E-state index in [0.717, 1.165) is 28.8 Å². The number of benzene rings is 3. The lowest BCUT2D eigenvalue weighted by molar-refractivity contribution is -0.137. The van der Waals surface area contributed by atoms with Crippen molar-refractivity contribution in [2.75, 3.05) is 23.7 Å². The van der Waals surface area contributed by atoms with Crippen LogP contribution in [-0.4, -0.2) is 33.7 Å².